The summed E-state index contributed by atoms with van der Waals surface area (Å²) in [4.78, 5) is 0. The summed E-state index contributed by atoms with van der Waals surface area (Å²) in [5.74, 6) is 0.412. The van der Waals surface area contributed by atoms with Crippen molar-refractivity contribution in [2.45, 2.75) is 13.2 Å². The second kappa shape index (κ2) is 7.84. The Bertz CT molecular complexity index is 790. The van der Waals surface area contributed by atoms with Gasteiger partial charge in [-0.15, -0.1) is 0 Å². The SMILES string of the molecule is Fc1ccc(NCc2ccc(OCc3ccccc3)c(Cl)c2)cc1. The van der Waals surface area contributed by atoms with E-state index in [1.807, 2.05) is 48.5 Å². The van der Waals surface area contributed by atoms with Crippen LogP contribution in [0.1, 0.15) is 11.1 Å². The summed E-state index contributed by atoms with van der Waals surface area (Å²) in [6, 6.07) is 21.9. The third-order valence-corrected chi connectivity index (χ3v) is 3.87. The quantitative estimate of drug-likeness (QED) is 0.623. The molecule has 0 aliphatic carbocycles. The molecule has 0 atom stereocenters. The number of benzene rings is 3. The standard InChI is InChI=1S/C20H17ClFNO/c21-19-12-16(13-23-18-9-7-17(22)8-10-18)6-11-20(19)24-14-15-4-2-1-3-5-15/h1-12,23H,13-14H2. The van der Waals surface area contributed by atoms with E-state index < -0.39 is 0 Å². The van der Waals surface area contributed by atoms with E-state index in [1.54, 1.807) is 12.1 Å². The number of hydrogen-bond donors (Lipinski definition) is 1. The van der Waals surface area contributed by atoms with Gasteiger partial charge in [0, 0.05) is 12.2 Å². The lowest BCUT2D eigenvalue weighted by Crippen LogP contribution is -2.00. The van der Waals surface area contributed by atoms with Crippen molar-refractivity contribution in [1.82, 2.24) is 0 Å². The van der Waals surface area contributed by atoms with Crippen molar-refractivity contribution in [3.05, 3.63) is 94.8 Å². The zero-order valence-electron chi connectivity index (χ0n) is 13.0. The lowest BCUT2D eigenvalue weighted by atomic mass is 10.2. The molecule has 24 heavy (non-hydrogen) atoms. The van der Waals surface area contributed by atoms with Crippen LogP contribution in [-0.2, 0) is 13.2 Å². The van der Waals surface area contributed by atoms with Gasteiger partial charge in [0.15, 0.2) is 0 Å². The normalized spacial score (nSPS) is 10.4. The van der Waals surface area contributed by atoms with E-state index in [0.29, 0.717) is 23.9 Å². The molecular weight excluding hydrogens is 325 g/mol. The third-order valence-electron chi connectivity index (χ3n) is 3.57. The van der Waals surface area contributed by atoms with Gasteiger partial charge in [-0.1, -0.05) is 48.0 Å². The molecule has 4 heteroatoms. The topological polar surface area (TPSA) is 21.3 Å². The van der Waals surface area contributed by atoms with Gasteiger partial charge in [-0.05, 0) is 47.5 Å². The molecule has 122 valence electrons. The van der Waals surface area contributed by atoms with Gasteiger partial charge in [-0.3, -0.25) is 0 Å². The molecule has 0 aliphatic heterocycles. The second-order valence-electron chi connectivity index (χ2n) is 5.40. The van der Waals surface area contributed by atoms with Gasteiger partial charge >= 0.3 is 0 Å². The molecule has 0 spiro atoms. The summed E-state index contributed by atoms with van der Waals surface area (Å²) in [5.41, 5.74) is 2.98. The fraction of sp³-hybridized carbons (Fsp3) is 0.100. The summed E-state index contributed by atoms with van der Waals surface area (Å²) >= 11 is 6.30. The molecule has 0 aliphatic rings. The molecule has 0 amide bonds. The van der Waals surface area contributed by atoms with Crippen LogP contribution in [0, 0.1) is 5.82 Å². The van der Waals surface area contributed by atoms with E-state index in [1.165, 1.54) is 12.1 Å². The molecule has 0 aromatic heterocycles. The summed E-state index contributed by atoms with van der Waals surface area (Å²) in [6.07, 6.45) is 0. The number of rotatable bonds is 6. The summed E-state index contributed by atoms with van der Waals surface area (Å²) in [6.45, 7) is 1.08. The highest BCUT2D eigenvalue weighted by Gasteiger charge is 2.04. The fourth-order valence-electron chi connectivity index (χ4n) is 2.28. The van der Waals surface area contributed by atoms with E-state index in [4.69, 9.17) is 16.3 Å². The number of halogens is 2. The lowest BCUT2D eigenvalue weighted by Gasteiger charge is -2.11. The Labute approximate surface area is 145 Å². The largest absolute Gasteiger partial charge is 0.487 e. The monoisotopic (exact) mass is 341 g/mol. The Morgan fingerprint density at radius 2 is 1.62 bits per heavy atom. The van der Waals surface area contributed by atoms with Crippen LogP contribution in [0.25, 0.3) is 0 Å². The maximum atomic E-state index is 12.9. The highest BCUT2D eigenvalue weighted by atomic mass is 35.5. The van der Waals surface area contributed by atoms with Crippen LogP contribution in [0.5, 0.6) is 5.75 Å². The molecule has 0 unspecified atom stereocenters. The zero-order valence-corrected chi connectivity index (χ0v) is 13.8. The molecule has 0 saturated carbocycles. The molecule has 3 aromatic carbocycles. The van der Waals surface area contributed by atoms with Gasteiger partial charge < -0.3 is 10.1 Å². The fourth-order valence-corrected chi connectivity index (χ4v) is 2.54. The average molecular weight is 342 g/mol. The van der Waals surface area contributed by atoms with Crippen LogP contribution in [0.4, 0.5) is 10.1 Å². The van der Waals surface area contributed by atoms with E-state index in [2.05, 4.69) is 5.32 Å². The molecular formula is C20H17ClFNO. The average Bonchev–Trinajstić information content (AvgIpc) is 2.61. The number of anilines is 1. The Morgan fingerprint density at radius 1 is 0.875 bits per heavy atom. The van der Waals surface area contributed by atoms with E-state index in [9.17, 15) is 4.39 Å². The van der Waals surface area contributed by atoms with E-state index in [0.717, 1.165) is 16.8 Å². The van der Waals surface area contributed by atoms with Gasteiger partial charge in [0.2, 0.25) is 0 Å². The Kier molecular flexibility index (Phi) is 5.34. The highest BCUT2D eigenvalue weighted by molar-refractivity contribution is 6.32. The third kappa shape index (κ3) is 4.49. The predicted molar refractivity (Wildman–Crippen MR) is 96.0 cm³/mol. The van der Waals surface area contributed by atoms with Crippen molar-refractivity contribution in [1.29, 1.82) is 0 Å². The van der Waals surface area contributed by atoms with Crippen molar-refractivity contribution in [3.63, 3.8) is 0 Å². The second-order valence-corrected chi connectivity index (χ2v) is 5.81. The number of hydrogen-bond acceptors (Lipinski definition) is 2. The molecule has 1 N–H and O–H groups in total. The van der Waals surface area contributed by atoms with Crippen molar-refractivity contribution in [2.75, 3.05) is 5.32 Å². The maximum Gasteiger partial charge on any atom is 0.138 e. The van der Waals surface area contributed by atoms with Gasteiger partial charge in [0.05, 0.1) is 5.02 Å². The summed E-state index contributed by atoms with van der Waals surface area (Å²) in [5, 5.41) is 3.80. The van der Waals surface area contributed by atoms with Crippen LogP contribution in [0.3, 0.4) is 0 Å². The smallest absolute Gasteiger partial charge is 0.138 e. The van der Waals surface area contributed by atoms with Gasteiger partial charge in [0.1, 0.15) is 18.2 Å². The maximum absolute atomic E-state index is 12.9. The van der Waals surface area contributed by atoms with E-state index >= 15 is 0 Å². The molecule has 0 heterocycles. The minimum absolute atomic E-state index is 0.247. The van der Waals surface area contributed by atoms with Crippen LogP contribution in [0.15, 0.2) is 72.8 Å². The molecule has 0 fully saturated rings. The van der Waals surface area contributed by atoms with Crippen molar-refractivity contribution in [3.8, 4) is 5.75 Å². The number of nitrogens with one attached hydrogen (secondary N) is 1. The molecule has 0 saturated heterocycles. The molecule has 0 radical (unpaired) electrons. The highest BCUT2D eigenvalue weighted by Crippen LogP contribution is 2.26. The molecule has 3 rings (SSSR count). The van der Waals surface area contributed by atoms with Crippen molar-refractivity contribution >= 4 is 17.3 Å². The predicted octanol–water partition coefficient (Wildman–Crippen LogP) is 5.67. The van der Waals surface area contributed by atoms with Crippen LogP contribution in [-0.4, -0.2) is 0 Å². The Hall–Kier alpha value is -2.52. The Morgan fingerprint density at radius 3 is 2.33 bits per heavy atom. The minimum Gasteiger partial charge on any atom is -0.487 e. The van der Waals surface area contributed by atoms with Crippen molar-refractivity contribution < 1.29 is 9.13 Å². The first kappa shape index (κ1) is 16.3. The lowest BCUT2D eigenvalue weighted by molar-refractivity contribution is 0.306. The first-order valence-electron chi connectivity index (χ1n) is 7.65. The van der Waals surface area contributed by atoms with Crippen LogP contribution >= 0.6 is 11.6 Å². The van der Waals surface area contributed by atoms with Crippen LogP contribution in [0.2, 0.25) is 5.02 Å². The number of ether oxygens (including phenoxy) is 1. The first-order chi connectivity index (χ1) is 11.7. The molecule has 2 nitrogen and oxygen atoms in total. The van der Waals surface area contributed by atoms with Crippen LogP contribution < -0.4 is 10.1 Å². The molecule has 3 aromatic rings. The first-order valence-corrected chi connectivity index (χ1v) is 8.03. The zero-order chi connectivity index (χ0) is 16.8. The van der Waals surface area contributed by atoms with Gasteiger partial charge in [-0.2, -0.15) is 0 Å². The van der Waals surface area contributed by atoms with Gasteiger partial charge in [-0.25, -0.2) is 4.39 Å². The van der Waals surface area contributed by atoms with E-state index in [-0.39, 0.29) is 5.82 Å². The van der Waals surface area contributed by atoms with Gasteiger partial charge in [0.25, 0.3) is 0 Å². The summed E-state index contributed by atoms with van der Waals surface area (Å²) in [7, 11) is 0. The van der Waals surface area contributed by atoms with Crippen molar-refractivity contribution in [2.24, 2.45) is 0 Å². The Balaban J connectivity index is 1.58. The minimum atomic E-state index is -0.247. The summed E-state index contributed by atoms with van der Waals surface area (Å²) < 4.78 is 18.6. The molecule has 0 bridgehead atoms.